The molecule has 5 heteroatoms. The Hall–Kier alpha value is -0.200. The zero-order valence-corrected chi connectivity index (χ0v) is 12.4. The summed E-state index contributed by atoms with van der Waals surface area (Å²) in [5, 5.41) is 8.70. The van der Waals surface area contributed by atoms with E-state index in [1.54, 1.807) is 13.8 Å². The van der Waals surface area contributed by atoms with Gasteiger partial charge in [0, 0.05) is 19.6 Å². The number of nitrogens with two attached hydrogens (primary N) is 1. The highest BCUT2D eigenvalue weighted by molar-refractivity contribution is 4.63. The summed E-state index contributed by atoms with van der Waals surface area (Å²) in [7, 11) is 8.20. The van der Waals surface area contributed by atoms with E-state index in [0.29, 0.717) is 6.54 Å². The van der Waals surface area contributed by atoms with Crippen molar-refractivity contribution in [3.8, 4) is 0 Å². The van der Waals surface area contributed by atoms with E-state index in [-0.39, 0.29) is 0 Å². The molecule has 0 atom stereocenters. The van der Waals surface area contributed by atoms with E-state index in [2.05, 4.69) is 38.0 Å². The van der Waals surface area contributed by atoms with Crippen LogP contribution in [-0.2, 0) is 4.74 Å². The average Bonchev–Trinajstić information content (AvgIpc) is 2.16. The summed E-state index contributed by atoms with van der Waals surface area (Å²) < 4.78 is 5.37. The number of aliphatic hydroxyl groups is 1. The molecule has 17 heavy (non-hydrogen) atoms. The minimum absolute atomic E-state index is 0.326. The summed E-state index contributed by atoms with van der Waals surface area (Å²) in [4.78, 5) is 4.24. The minimum Gasteiger partial charge on any atom is -0.389 e. The van der Waals surface area contributed by atoms with Crippen molar-refractivity contribution in [2.45, 2.75) is 19.4 Å². The standard InChI is InChI=1S/C8H20N2O.C4H11NO/c1-9(2)5-7-11-8-6-10(3)4;1-4(2,6)3-5/h5-8H2,1-4H3;6H,3,5H2,1-2H3. The first-order chi connectivity index (χ1) is 7.69. The van der Waals surface area contributed by atoms with Crippen LogP contribution in [0.2, 0.25) is 0 Å². The second kappa shape index (κ2) is 10.9. The molecule has 0 unspecified atom stereocenters. The van der Waals surface area contributed by atoms with Gasteiger partial charge in [0.2, 0.25) is 0 Å². The monoisotopic (exact) mass is 249 g/mol. The zero-order chi connectivity index (χ0) is 13.9. The van der Waals surface area contributed by atoms with E-state index in [1.165, 1.54) is 0 Å². The average molecular weight is 249 g/mol. The van der Waals surface area contributed by atoms with Crippen molar-refractivity contribution in [2.24, 2.45) is 5.73 Å². The molecule has 0 aromatic carbocycles. The van der Waals surface area contributed by atoms with Gasteiger partial charge in [-0.25, -0.2) is 0 Å². The molecule has 0 aromatic rings. The number of hydrogen-bond donors (Lipinski definition) is 2. The van der Waals surface area contributed by atoms with Gasteiger partial charge in [0.25, 0.3) is 0 Å². The highest BCUT2D eigenvalue weighted by Crippen LogP contribution is 1.93. The molecule has 0 radical (unpaired) electrons. The van der Waals surface area contributed by atoms with Gasteiger partial charge < -0.3 is 25.4 Å². The van der Waals surface area contributed by atoms with E-state index >= 15 is 0 Å². The summed E-state index contributed by atoms with van der Waals surface area (Å²) >= 11 is 0. The number of hydrogen-bond acceptors (Lipinski definition) is 5. The third kappa shape index (κ3) is 25.8. The molecule has 0 aliphatic rings. The lowest BCUT2D eigenvalue weighted by atomic mass is 10.1. The van der Waals surface area contributed by atoms with Crippen molar-refractivity contribution in [3.63, 3.8) is 0 Å². The van der Waals surface area contributed by atoms with Crippen molar-refractivity contribution >= 4 is 0 Å². The van der Waals surface area contributed by atoms with Crippen LogP contribution in [0, 0.1) is 0 Å². The molecule has 0 aromatic heterocycles. The third-order valence-electron chi connectivity index (χ3n) is 1.87. The molecular weight excluding hydrogens is 218 g/mol. The van der Waals surface area contributed by atoms with Crippen LogP contribution in [0.3, 0.4) is 0 Å². The van der Waals surface area contributed by atoms with E-state index in [0.717, 1.165) is 26.3 Å². The molecule has 0 saturated carbocycles. The topological polar surface area (TPSA) is 62.0 Å². The van der Waals surface area contributed by atoms with Crippen LogP contribution in [-0.4, -0.2) is 81.5 Å². The van der Waals surface area contributed by atoms with Gasteiger partial charge >= 0.3 is 0 Å². The van der Waals surface area contributed by atoms with Crippen molar-refractivity contribution in [3.05, 3.63) is 0 Å². The smallest absolute Gasteiger partial charge is 0.0713 e. The molecule has 0 spiro atoms. The number of ether oxygens (including phenoxy) is 1. The molecule has 0 heterocycles. The van der Waals surface area contributed by atoms with Gasteiger partial charge in [-0.2, -0.15) is 0 Å². The van der Waals surface area contributed by atoms with E-state index in [1.807, 2.05) is 0 Å². The van der Waals surface area contributed by atoms with Gasteiger partial charge in [0.1, 0.15) is 0 Å². The number of likely N-dealkylation sites (N-methyl/N-ethyl adjacent to an activating group) is 2. The van der Waals surface area contributed by atoms with Gasteiger partial charge in [0.15, 0.2) is 0 Å². The fraction of sp³-hybridized carbons (Fsp3) is 1.00. The first-order valence-electron chi connectivity index (χ1n) is 5.98. The zero-order valence-electron chi connectivity index (χ0n) is 12.4. The fourth-order valence-corrected chi connectivity index (χ4v) is 0.596. The van der Waals surface area contributed by atoms with Crippen LogP contribution in [0.25, 0.3) is 0 Å². The first-order valence-corrected chi connectivity index (χ1v) is 5.98. The van der Waals surface area contributed by atoms with Crippen molar-refractivity contribution < 1.29 is 9.84 Å². The Labute approximate surface area is 107 Å². The lowest BCUT2D eigenvalue weighted by Gasteiger charge is -2.12. The molecule has 0 rings (SSSR count). The van der Waals surface area contributed by atoms with Crippen molar-refractivity contribution in [1.82, 2.24) is 9.80 Å². The van der Waals surface area contributed by atoms with Crippen LogP contribution in [0.4, 0.5) is 0 Å². The van der Waals surface area contributed by atoms with Gasteiger partial charge in [-0.15, -0.1) is 0 Å². The Kier molecular flexibility index (Phi) is 12.3. The van der Waals surface area contributed by atoms with Crippen molar-refractivity contribution in [2.75, 3.05) is 61.0 Å². The highest BCUT2D eigenvalue weighted by atomic mass is 16.5. The number of rotatable bonds is 7. The fourth-order valence-electron chi connectivity index (χ4n) is 0.596. The number of nitrogens with zero attached hydrogens (tertiary/aromatic N) is 2. The van der Waals surface area contributed by atoms with Gasteiger partial charge in [-0.05, 0) is 42.0 Å². The second-order valence-corrected chi connectivity index (χ2v) is 5.24. The Bertz CT molecular complexity index is 146. The van der Waals surface area contributed by atoms with Gasteiger partial charge in [-0.3, -0.25) is 0 Å². The van der Waals surface area contributed by atoms with E-state index in [9.17, 15) is 0 Å². The summed E-state index contributed by atoms with van der Waals surface area (Å²) in [5.41, 5.74) is 4.38. The second-order valence-electron chi connectivity index (χ2n) is 5.24. The van der Waals surface area contributed by atoms with Gasteiger partial charge in [0.05, 0.1) is 18.8 Å². The van der Waals surface area contributed by atoms with Crippen LogP contribution in [0.5, 0.6) is 0 Å². The first kappa shape index (κ1) is 19.1. The third-order valence-corrected chi connectivity index (χ3v) is 1.87. The van der Waals surface area contributed by atoms with E-state index < -0.39 is 5.60 Å². The predicted octanol–water partition coefficient (Wildman–Crippen LogP) is -0.158. The summed E-state index contributed by atoms with van der Waals surface area (Å²) in [5.74, 6) is 0. The molecular formula is C12H31N3O2. The van der Waals surface area contributed by atoms with Crippen LogP contribution in [0.1, 0.15) is 13.8 Å². The Balaban J connectivity index is 0. The van der Waals surface area contributed by atoms with Crippen LogP contribution < -0.4 is 5.73 Å². The predicted molar refractivity (Wildman–Crippen MR) is 73.3 cm³/mol. The molecule has 0 bridgehead atoms. The molecule has 0 fully saturated rings. The molecule has 3 N–H and O–H groups in total. The molecule has 106 valence electrons. The molecule has 0 aliphatic carbocycles. The SMILES string of the molecule is CC(C)(O)CN.CN(C)CCOCCN(C)C. The van der Waals surface area contributed by atoms with E-state index in [4.69, 9.17) is 15.6 Å². The normalized spacial score (nSPS) is 11.6. The van der Waals surface area contributed by atoms with Crippen LogP contribution >= 0.6 is 0 Å². The Morgan fingerprint density at radius 3 is 1.47 bits per heavy atom. The molecule has 5 nitrogen and oxygen atoms in total. The summed E-state index contributed by atoms with van der Waals surface area (Å²) in [6, 6.07) is 0. The summed E-state index contributed by atoms with van der Waals surface area (Å²) in [6.07, 6.45) is 0. The van der Waals surface area contributed by atoms with Gasteiger partial charge in [-0.1, -0.05) is 0 Å². The Morgan fingerprint density at radius 1 is 1.00 bits per heavy atom. The largest absolute Gasteiger partial charge is 0.389 e. The maximum absolute atomic E-state index is 8.70. The minimum atomic E-state index is -0.681. The van der Waals surface area contributed by atoms with Crippen LogP contribution in [0.15, 0.2) is 0 Å². The highest BCUT2D eigenvalue weighted by Gasteiger charge is 2.06. The lowest BCUT2D eigenvalue weighted by molar-refractivity contribution is 0.0898. The van der Waals surface area contributed by atoms with Crippen molar-refractivity contribution in [1.29, 1.82) is 0 Å². The molecule has 0 aliphatic heterocycles. The lowest BCUT2D eigenvalue weighted by Crippen LogP contribution is -2.29. The molecule has 0 amide bonds. The summed E-state index contributed by atoms with van der Waals surface area (Å²) in [6.45, 7) is 7.36. The molecule has 0 saturated heterocycles. The maximum Gasteiger partial charge on any atom is 0.0713 e. The Morgan fingerprint density at radius 2 is 1.29 bits per heavy atom. The quantitative estimate of drug-likeness (QED) is 0.614. The maximum atomic E-state index is 8.70.